The molecule has 0 bridgehead atoms. The molecule has 2 N–H and O–H groups in total. The molecule has 1 spiro atoms. The van der Waals surface area contributed by atoms with Gasteiger partial charge in [-0.3, -0.25) is 9.89 Å². The first-order valence-electron chi connectivity index (χ1n) is 12.2. The second kappa shape index (κ2) is 9.79. The molecule has 7 heteroatoms. The number of hydrogen-bond acceptors (Lipinski definition) is 4. The van der Waals surface area contributed by atoms with Gasteiger partial charge in [0, 0.05) is 56.2 Å². The zero-order chi connectivity index (χ0) is 19.7. The zero-order valence-corrected chi connectivity index (χ0v) is 21.0. The summed E-state index contributed by atoms with van der Waals surface area (Å²) in [4.78, 5) is 7.36. The van der Waals surface area contributed by atoms with E-state index in [1.165, 1.54) is 64.2 Å². The number of halogens is 1. The van der Waals surface area contributed by atoms with E-state index in [2.05, 4.69) is 20.5 Å². The predicted octanol–water partition coefficient (Wildman–Crippen LogP) is 3.15. The van der Waals surface area contributed by atoms with Gasteiger partial charge >= 0.3 is 0 Å². The highest BCUT2D eigenvalue weighted by molar-refractivity contribution is 14.0. The Hall–Kier alpha value is -0.120. The van der Waals surface area contributed by atoms with E-state index < -0.39 is 0 Å². The lowest BCUT2D eigenvalue weighted by atomic mass is 9.54. The number of aliphatic imine (C=N–C) groups is 1. The second-order valence-corrected chi connectivity index (χ2v) is 10.1. The van der Waals surface area contributed by atoms with E-state index >= 15 is 0 Å². The monoisotopic (exact) mass is 532 g/mol. The lowest BCUT2D eigenvalue weighted by Crippen LogP contribution is -2.70. The van der Waals surface area contributed by atoms with Crippen LogP contribution in [0.5, 0.6) is 0 Å². The quantitative estimate of drug-likeness (QED) is 0.331. The van der Waals surface area contributed by atoms with Gasteiger partial charge in [-0.25, -0.2) is 0 Å². The fourth-order valence-electron chi connectivity index (χ4n) is 7.35. The molecule has 0 aromatic carbocycles. The van der Waals surface area contributed by atoms with Crippen molar-refractivity contribution in [3.05, 3.63) is 0 Å². The summed E-state index contributed by atoms with van der Waals surface area (Å²) in [6.45, 7) is 5.84. The Balaban J connectivity index is 0.00000218. The van der Waals surface area contributed by atoms with Gasteiger partial charge in [0.1, 0.15) is 0 Å². The summed E-state index contributed by atoms with van der Waals surface area (Å²) in [5, 5.41) is 7.66. The minimum atomic E-state index is 0. The van der Waals surface area contributed by atoms with Gasteiger partial charge in [-0.1, -0.05) is 32.1 Å². The molecule has 0 radical (unpaired) electrons. The fraction of sp³-hybridized carbons (Fsp3) is 0.957. The predicted molar refractivity (Wildman–Crippen MR) is 131 cm³/mol. The number of ether oxygens (including phenoxy) is 2. The molecular formula is C23H41IN4O2. The maximum absolute atomic E-state index is 6.17. The molecule has 5 rings (SSSR count). The third kappa shape index (κ3) is 4.01. The van der Waals surface area contributed by atoms with Crippen molar-refractivity contribution in [2.24, 2.45) is 16.3 Å². The summed E-state index contributed by atoms with van der Waals surface area (Å²) >= 11 is 0. The van der Waals surface area contributed by atoms with Crippen LogP contribution in [0.3, 0.4) is 0 Å². The van der Waals surface area contributed by atoms with E-state index in [1.54, 1.807) is 0 Å². The minimum absolute atomic E-state index is 0. The summed E-state index contributed by atoms with van der Waals surface area (Å²) in [5.41, 5.74) is 0.634. The van der Waals surface area contributed by atoms with E-state index in [9.17, 15) is 0 Å². The Labute approximate surface area is 199 Å². The van der Waals surface area contributed by atoms with Crippen LogP contribution in [0.4, 0.5) is 0 Å². The maximum atomic E-state index is 6.17. The molecule has 2 heterocycles. The van der Waals surface area contributed by atoms with Crippen molar-refractivity contribution in [2.45, 2.75) is 81.9 Å². The highest BCUT2D eigenvalue weighted by atomic mass is 127. The van der Waals surface area contributed by atoms with Crippen molar-refractivity contribution in [1.82, 2.24) is 15.5 Å². The SMILES string of the molecule is CN=C(NCC1(N2CCOCC2)CCCCC1)NC1C2CCOC2C12CCCC2.I. The lowest BCUT2D eigenvalue weighted by molar-refractivity contribution is -0.125. The Morgan fingerprint density at radius 2 is 1.70 bits per heavy atom. The summed E-state index contributed by atoms with van der Waals surface area (Å²) in [7, 11) is 1.93. The fourth-order valence-corrected chi connectivity index (χ4v) is 7.35. The van der Waals surface area contributed by atoms with Gasteiger partial charge in [-0.05, 0) is 32.1 Å². The van der Waals surface area contributed by atoms with Crippen LogP contribution in [0, 0.1) is 11.3 Å². The highest BCUT2D eigenvalue weighted by Gasteiger charge is 2.65. The number of nitrogens with zero attached hydrogens (tertiary/aromatic N) is 2. The molecule has 2 aliphatic heterocycles. The molecule has 3 unspecified atom stereocenters. The molecule has 3 atom stereocenters. The summed E-state index contributed by atoms with van der Waals surface area (Å²) in [6, 6.07) is 0.536. The number of fused-ring (bicyclic) bond motifs is 2. The van der Waals surface area contributed by atoms with Crippen LogP contribution in [0.1, 0.15) is 64.2 Å². The summed E-state index contributed by atoms with van der Waals surface area (Å²) in [6.07, 6.45) is 13.7. The molecule has 3 aliphatic carbocycles. The Morgan fingerprint density at radius 3 is 2.40 bits per heavy atom. The molecule has 172 valence electrons. The average Bonchev–Trinajstić information content (AvgIpc) is 3.44. The van der Waals surface area contributed by atoms with Crippen molar-refractivity contribution in [3.8, 4) is 0 Å². The van der Waals surface area contributed by atoms with Crippen molar-refractivity contribution < 1.29 is 9.47 Å². The van der Waals surface area contributed by atoms with Crippen LogP contribution >= 0.6 is 24.0 Å². The highest BCUT2D eigenvalue weighted by Crippen LogP contribution is 2.60. The van der Waals surface area contributed by atoms with E-state index in [0.29, 0.717) is 23.5 Å². The number of nitrogens with one attached hydrogen (secondary N) is 2. The summed E-state index contributed by atoms with van der Waals surface area (Å²) in [5.74, 6) is 1.68. The molecule has 0 amide bonds. The third-order valence-electron chi connectivity index (χ3n) is 8.85. The molecule has 3 saturated carbocycles. The molecule has 0 aromatic heterocycles. The van der Waals surface area contributed by atoms with Crippen LogP contribution in [0.2, 0.25) is 0 Å². The number of morpholine rings is 1. The van der Waals surface area contributed by atoms with Gasteiger partial charge in [0.15, 0.2) is 5.96 Å². The topological polar surface area (TPSA) is 58.1 Å². The largest absolute Gasteiger partial charge is 0.379 e. The molecule has 30 heavy (non-hydrogen) atoms. The molecule has 5 fully saturated rings. The summed E-state index contributed by atoms with van der Waals surface area (Å²) < 4.78 is 11.8. The first-order valence-corrected chi connectivity index (χ1v) is 12.2. The van der Waals surface area contributed by atoms with Gasteiger partial charge in [0.25, 0.3) is 0 Å². The molecule has 0 aromatic rings. The molecular weight excluding hydrogens is 491 g/mol. The minimum Gasteiger partial charge on any atom is -0.379 e. The van der Waals surface area contributed by atoms with Crippen LogP contribution in [0.25, 0.3) is 0 Å². The maximum Gasteiger partial charge on any atom is 0.191 e. The van der Waals surface area contributed by atoms with E-state index in [1.807, 2.05) is 7.05 Å². The smallest absolute Gasteiger partial charge is 0.191 e. The second-order valence-electron chi connectivity index (χ2n) is 10.1. The normalized spacial score (nSPS) is 35.4. The van der Waals surface area contributed by atoms with Crippen molar-refractivity contribution in [2.75, 3.05) is 46.5 Å². The lowest BCUT2D eigenvalue weighted by Gasteiger charge is -2.57. The zero-order valence-electron chi connectivity index (χ0n) is 18.7. The van der Waals surface area contributed by atoms with Gasteiger partial charge in [-0.15, -0.1) is 24.0 Å². The number of hydrogen-bond donors (Lipinski definition) is 2. The Kier molecular flexibility index (Phi) is 7.52. The van der Waals surface area contributed by atoms with Gasteiger partial charge < -0.3 is 20.1 Å². The number of rotatable bonds is 4. The van der Waals surface area contributed by atoms with Crippen molar-refractivity contribution in [1.29, 1.82) is 0 Å². The average molecular weight is 533 g/mol. The van der Waals surface area contributed by atoms with Crippen molar-refractivity contribution >= 4 is 29.9 Å². The first kappa shape index (κ1) is 23.1. The van der Waals surface area contributed by atoms with Crippen molar-refractivity contribution in [3.63, 3.8) is 0 Å². The Morgan fingerprint density at radius 1 is 1.00 bits per heavy atom. The third-order valence-corrected chi connectivity index (χ3v) is 8.85. The van der Waals surface area contributed by atoms with Crippen LogP contribution < -0.4 is 10.6 Å². The van der Waals surface area contributed by atoms with Crippen LogP contribution in [-0.4, -0.2) is 75.0 Å². The molecule has 2 saturated heterocycles. The van der Waals surface area contributed by atoms with E-state index in [0.717, 1.165) is 45.4 Å². The first-order chi connectivity index (χ1) is 14.3. The van der Waals surface area contributed by atoms with E-state index in [-0.39, 0.29) is 29.5 Å². The molecule has 5 aliphatic rings. The van der Waals surface area contributed by atoms with Gasteiger partial charge in [-0.2, -0.15) is 0 Å². The van der Waals surface area contributed by atoms with Gasteiger partial charge in [0.2, 0.25) is 0 Å². The molecule has 6 nitrogen and oxygen atoms in total. The van der Waals surface area contributed by atoms with Gasteiger partial charge in [0.05, 0.1) is 19.3 Å². The number of guanidine groups is 1. The van der Waals surface area contributed by atoms with E-state index in [4.69, 9.17) is 9.47 Å². The standard InChI is InChI=1S/C23H40N4O2.HI/c1-24-21(26-19-18-7-14-29-20(18)23(19)10-5-6-11-23)25-17-22(8-3-2-4-9-22)27-12-15-28-16-13-27;/h18-20H,2-17H2,1H3,(H2,24,25,26);1H. The van der Waals surface area contributed by atoms with Crippen LogP contribution in [-0.2, 0) is 9.47 Å². The van der Waals surface area contributed by atoms with Crippen LogP contribution in [0.15, 0.2) is 4.99 Å². The Bertz CT molecular complexity index is 598.